The smallest absolute Gasteiger partial charge is 0.244 e. The van der Waals surface area contributed by atoms with Crippen LogP contribution in [0.1, 0.15) is 31.2 Å². The van der Waals surface area contributed by atoms with Crippen LogP contribution in [-0.2, 0) is 21.2 Å². The van der Waals surface area contributed by atoms with Gasteiger partial charge in [0, 0.05) is 19.3 Å². The first-order chi connectivity index (χ1) is 11.8. The van der Waals surface area contributed by atoms with E-state index in [2.05, 4.69) is 5.32 Å². The highest BCUT2D eigenvalue weighted by Gasteiger charge is 2.51. The number of nitrogens with one attached hydrogen (secondary N) is 1. The molecule has 1 aromatic carbocycles. The van der Waals surface area contributed by atoms with Crippen LogP contribution in [0.25, 0.3) is 0 Å². The monoisotopic (exact) mass is 404 g/mol. The molecule has 2 aliphatic rings. The van der Waals surface area contributed by atoms with Crippen molar-refractivity contribution in [2.24, 2.45) is 5.92 Å². The molecule has 1 N–H and O–H groups in total. The van der Waals surface area contributed by atoms with Crippen molar-refractivity contribution < 1.29 is 17.6 Å². The van der Waals surface area contributed by atoms with E-state index < -0.39 is 14.6 Å². The molecule has 0 aromatic heterocycles. The summed E-state index contributed by atoms with van der Waals surface area (Å²) in [5, 5.41) is 3.14. The van der Waals surface area contributed by atoms with Crippen LogP contribution in [0.4, 0.5) is 4.39 Å². The Morgan fingerprint density at radius 2 is 1.81 bits per heavy atom. The maximum absolute atomic E-state index is 13.3. The van der Waals surface area contributed by atoms with Crippen molar-refractivity contribution in [1.29, 1.82) is 0 Å². The molecule has 8 heteroatoms. The van der Waals surface area contributed by atoms with Gasteiger partial charge in [0.15, 0.2) is 14.6 Å². The van der Waals surface area contributed by atoms with E-state index in [0.29, 0.717) is 44.9 Å². The third-order valence-corrected chi connectivity index (χ3v) is 7.26. The van der Waals surface area contributed by atoms with Gasteiger partial charge in [-0.1, -0.05) is 12.1 Å². The van der Waals surface area contributed by atoms with E-state index in [0.717, 1.165) is 18.4 Å². The average Bonchev–Trinajstić information content (AvgIpc) is 3.39. The lowest BCUT2D eigenvalue weighted by Crippen LogP contribution is -2.58. The van der Waals surface area contributed by atoms with Gasteiger partial charge in [0.25, 0.3) is 0 Å². The van der Waals surface area contributed by atoms with Crippen LogP contribution in [-0.4, -0.2) is 49.9 Å². The first kappa shape index (κ1) is 21.1. The number of carbonyl (C=O) groups excluding carboxylic acids is 1. The zero-order chi connectivity index (χ0) is 18.1. The van der Waals surface area contributed by atoms with Gasteiger partial charge in [-0.3, -0.25) is 4.79 Å². The quantitative estimate of drug-likeness (QED) is 0.789. The fraction of sp³-hybridized carbons (Fsp3) is 0.611. The summed E-state index contributed by atoms with van der Waals surface area (Å²) in [6.45, 7) is 1.93. The molecule has 1 aliphatic heterocycles. The van der Waals surface area contributed by atoms with Crippen LogP contribution in [0, 0.1) is 11.7 Å². The summed E-state index contributed by atoms with van der Waals surface area (Å²) < 4.78 is 36.9. The summed E-state index contributed by atoms with van der Waals surface area (Å²) >= 11 is 0. The number of halogens is 2. The molecule has 5 nitrogen and oxygen atoms in total. The van der Waals surface area contributed by atoms with Gasteiger partial charge in [0.1, 0.15) is 5.82 Å². The second-order valence-corrected chi connectivity index (χ2v) is 9.60. The summed E-state index contributed by atoms with van der Waals surface area (Å²) in [6, 6.07) is 6.04. The Balaban J connectivity index is 0.00000243. The molecule has 146 valence electrons. The highest BCUT2D eigenvalue weighted by atomic mass is 35.5. The summed E-state index contributed by atoms with van der Waals surface area (Å²) in [5.41, 5.74) is 0.813. The van der Waals surface area contributed by atoms with Crippen molar-refractivity contribution in [2.45, 2.75) is 37.0 Å². The van der Waals surface area contributed by atoms with Crippen molar-refractivity contribution in [1.82, 2.24) is 10.2 Å². The summed E-state index contributed by atoms with van der Waals surface area (Å²) in [5.74, 6) is -0.176. The Hall–Kier alpha value is -1.18. The van der Waals surface area contributed by atoms with E-state index >= 15 is 0 Å². The molecule has 1 amide bonds. The van der Waals surface area contributed by atoms with Gasteiger partial charge in [0.05, 0.1) is 0 Å². The normalized spacial score (nSPS) is 19.5. The highest BCUT2D eigenvalue weighted by molar-refractivity contribution is 7.92. The number of hydrogen-bond acceptors (Lipinski definition) is 4. The minimum Gasteiger partial charge on any atom is -0.337 e. The van der Waals surface area contributed by atoms with Crippen LogP contribution in [0.2, 0.25) is 0 Å². The Labute approximate surface area is 160 Å². The summed E-state index contributed by atoms with van der Waals surface area (Å²) in [6.07, 6.45) is 3.91. The molecule has 0 unspecified atom stereocenters. The van der Waals surface area contributed by atoms with Crippen molar-refractivity contribution in [3.63, 3.8) is 0 Å². The van der Waals surface area contributed by atoms with Gasteiger partial charge in [-0.2, -0.15) is 0 Å². The minimum absolute atomic E-state index is 0. The third-order valence-electron chi connectivity index (χ3n) is 5.26. The zero-order valence-corrected chi connectivity index (χ0v) is 16.5. The Morgan fingerprint density at radius 3 is 2.31 bits per heavy atom. The van der Waals surface area contributed by atoms with Crippen LogP contribution in [0.15, 0.2) is 24.3 Å². The molecule has 1 heterocycles. The molecule has 0 radical (unpaired) electrons. The number of sulfone groups is 1. The molecular formula is C18H26ClFN2O3S. The number of carbonyl (C=O) groups is 1. The zero-order valence-electron chi connectivity index (χ0n) is 14.9. The lowest BCUT2D eigenvalue weighted by Gasteiger charge is -2.38. The Bertz CT molecular complexity index is 729. The average molecular weight is 405 g/mol. The molecule has 0 spiro atoms. The highest BCUT2D eigenvalue weighted by Crippen LogP contribution is 2.34. The summed E-state index contributed by atoms with van der Waals surface area (Å²) in [7, 11) is -3.54. The standard InChI is InChI=1S/C18H25FN2O3S.ClH/c1-25(23,24)18(8-10-20-11-9-18)17(22)21(12-14-2-3-14)13-15-4-6-16(19)7-5-15;/h4-7,14,20H,2-3,8-13H2,1H3;1H. The van der Waals surface area contributed by atoms with Crippen molar-refractivity contribution in [3.8, 4) is 0 Å². The topological polar surface area (TPSA) is 66.5 Å². The lowest BCUT2D eigenvalue weighted by atomic mass is 9.94. The number of amides is 1. The molecule has 1 saturated carbocycles. The van der Waals surface area contributed by atoms with Crippen molar-refractivity contribution >= 4 is 28.2 Å². The molecule has 1 aromatic rings. The number of nitrogens with zero attached hydrogens (tertiary/aromatic N) is 1. The predicted molar refractivity (Wildman–Crippen MR) is 101 cm³/mol. The number of piperidine rings is 1. The van der Waals surface area contributed by atoms with Gasteiger partial charge in [-0.05, 0) is 62.4 Å². The van der Waals surface area contributed by atoms with Crippen LogP contribution < -0.4 is 5.32 Å². The van der Waals surface area contributed by atoms with Crippen LogP contribution in [0.5, 0.6) is 0 Å². The van der Waals surface area contributed by atoms with E-state index in [-0.39, 0.29) is 24.1 Å². The van der Waals surface area contributed by atoms with Gasteiger partial charge >= 0.3 is 0 Å². The number of rotatable bonds is 6. The fourth-order valence-corrected chi connectivity index (χ4v) is 4.90. The fourth-order valence-electron chi connectivity index (χ4n) is 3.50. The van der Waals surface area contributed by atoms with E-state index in [9.17, 15) is 17.6 Å². The third kappa shape index (κ3) is 4.56. The van der Waals surface area contributed by atoms with Crippen LogP contribution in [0.3, 0.4) is 0 Å². The maximum atomic E-state index is 13.3. The predicted octanol–water partition coefficient (Wildman–Crippen LogP) is 2.15. The SMILES string of the molecule is CS(=O)(=O)C1(C(=O)N(Cc2ccc(F)cc2)CC2CC2)CCNCC1.Cl. The molecule has 1 saturated heterocycles. The van der Waals surface area contributed by atoms with Crippen LogP contribution >= 0.6 is 12.4 Å². The van der Waals surface area contributed by atoms with E-state index in [4.69, 9.17) is 0 Å². The van der Waals surface area contributed by atoms with Gasteiger partial charge in [-0.25, -0.2) is 12.8 Å². The van der Waals surface area contributed by atoms with Gasteiger partial charge < -0.3 is 10.2 Å². The van der Waals surface area contributed by atoms with Crippen molar-refractivity contribution in [3.05, 3.63) is 35.6 Å². The lowest BCUT2D eigenvalue weighted by molar-refractivity contribution is -0.135. The molecule has 26 heavy (non-hydrogen) atoms. The largest absolute Gasteiger partial charge is 0.337 e. The molecule has 0 atom stereocenters. The second kappa shape index (κ2) is 8.23. The van der Waals surface area contributed by atoms with E-state index in [1.165, 1.54) is 18.4 Å². The molecule has 0 bridgehead atoms. The molecule has 1 aliphatic carbocycles. The van der Waals surface area contributed by atoms with Gasteiger partial charge in [0.2, 0.25) is 5.91 Å². The molecule has 3 rings (SSSR count). The maximum Gasteiger partial charge on any atom is 0.244 e. The first-order valence-corrected chi connectivity index (χ1v) is 10.7. The van der Waals surface area contributed by atoms with Crippen molar-refractivity contribution in [2.75, 3.05) is 25.9 Å². The number of benzene rings is 1. The Kier molecular flexibility index (Phi) is 6.69. The van der Waals surface area contributed by atoms with Gasteiger partial charge in [-0.15, -0.1) is 12.4 Å². The van der Waals surface area contributed by atoms with E-state index in [1.54, 1.807) is 17.0 Å². The summed E-state index contributed by atoms with van der Waals surface area (Å²) in [4.78, 5) is 15.0. The Morgan fingerprint density at radius 1 is 1.23 bits per heavy atom. The first-order valence-electron chi connectivity index (χ1n) is 8.76. The second-order valence-electron chi connectivity index (χ2n) is 7.27. The molecular weight excluding hydrogens is 379 g/mol. The molecule has 2 fully saturated rings. The minimum atomic E-state index is -3.54. The number of hydrogen-bond donors (Lipinski definition) is 1. The van der Waals surface area contributed by atoms with E-state index in [1.807, 2.05) is 0 Å².